The van der Waals surface area contributed by atoms with Crippen molar-refractivity contribution in [2.75, 3.05) is 5.32 Å². The maximum atomic E-state index is 12.7. The second kappa shape index (κ2) is 4.83. The third-order valence-corrected chi connectivity index (χ3v) is 2.47. The fourth-order valence-corrected chi connectivity index (χ4v) is 1.43. The molecule has 0 saturated carbocycles. The minimum Gasteiger partial charge on any atom is -0.618 e. The minimum absolute atomic E-state index is 0.250. The number of aromatic nitrogens is 1. The molecule has 4 nitrogen and oxygen atoms in total. The number of carbonyl (C=O) groups excluding carboxylic acids is 1. The summed E-state index contributed by atoms with van der Waals surface area (Å²) in [5.74, 6) is -0.785. The van der Waals surface area contributed by atoms with Crippen molar-refractivity contribution in [1.82, 2.24) is 0 Å². The molecular weight excluding hydrogens is 235 g/mol. The monoisotopic (exact) mass is 246 g/mol. The lowest BCUT2D eigenvalue weighted by Gasteiger charge is -2.06. The molecule has 2 rings (SSSR count). The molecule has 1 aromatic heterocycles. The average molecular weight is 246 g/mol. The summed E-state index contributed by atoms with van der Waals surface area (Å²) in [6.07, 6.45) is 1.20. The van der Waals surface area contributed by atoms with E-state index in [0.717, 1.165) is 0 Å². The maximum absolute atomic E-state index is 12.7. The van der Waals surface area contributed by atoms with Gasteiger partial charge < -0.3 is 10.5 Å². The summed E-state index contributed by atoms with van der Waals surface area (Å²) in [5, 5.41) is 13.9. The summed E-state index contributed by atoms with van der Waals surface area (Å²) in [6, 6.07) is 8.52. The highest BCUT2D eigenvalue weighted by Gasteiger charge is 2.10. The Morgan fingerprint density at radius 3 is 2.50 bits per heavy atom. The number of nitrogens with zero attached hydrogens (tertiary/aromatic N) is 1. The summed E-state index contributed by atoms with van der Waals surface area (Å²) in [6.45, 7) is 1.65. The van der Waals surface area contributed by atoms with E-state index in [1.807, 2.05) is 0 Å². The van der Waals surface area contributed by atoms with Gasteiger partial charge in [-0.15, -0.1) is 0 Å². The van der Waals surface area contributed by atoms with E-state index in [2.05, 4.69) is 5.32 Å². The molecule has 0 aliphatic carbocycles. The van der Waals surface area contributed by atoms with Gasteiger partial charge in [0.2, 0.25) is 0 Å². The van der Waals surface area contributed by atoms with E-state index in [1.165, 1.54) is 30.5 Å². The van der Waals surface area contributed by atoms with Crippen molar-refractivity contribution >= 4 is 11.6 Å². The van der Waals surface area contributed by atoms with Gasteiger partial charge in [0.05, 0.1) is 0 Å². The van der Waals surface area contributed by atoms with Crippen molar-refractivity contribution in [3.63, 3.8) is 0 Å². The first kappa shape index (κ1) is 12.0. The van der Waals surface area contributed by atoms with Crippen molar-refractivity contribution in [2.24, 2.45) is 0 Å². The predicted molar refractivity (Wildman–Crippen MR) is 64.5 cm³/mol. The van der Waals surface area contributed by atoms with E-state index in [4.69, 9.17) is 0 Å². The van der Waals surface area contributed by atoms with E-state index >= 15 is 0 Å². The highest BCUT2D eigenvalue weighted by atomic mass is 19.1. The van der Waals surface area contributed by atoms with Crippen LogP contribution in [-0.2, 0) is 0 Å². The number of benzene rings is 1. The number of pyridine rings is 1. The van der Waals surface area contributed by atoms with Gasteiger partial charge in [-0.25, -0.2) is 4.39 Å². The first-order valence-electron chi connectivity index (χ1n) is 5.33. The number of carbonyl (C=O) groups is 1. The van der Waals surface area contributed by atoms with Crippen LogP contribution in [0.25, 0.3) is 0 Å². The van der Waals surface area contributed by atoms with E-state index in [-0.39, 0.29) is 11.4 Å². The highest BCUT2D eigenvalue weighted by Crippen LogP contribution is 2.10. The molecule has 0 fully saturated rings. The average Bonchev–Trinajstić information content (AvgIpc) is 2.35. The molecule has 1 aromatic carbocycles. The lowest BCUT2D eigenvalue weighted by atomic mass is 10.2. The maximum Gasteiger partial charge on any atom is 0.261 e. The predicted octanol–water partition coefficient (Wildman–Crippen LogP) is 2.02. The minimum atomic E-state index is -0.411. The fraction of sp³-hybridized carbons (Fsp3) is 0.0769. The molecule has 1 N–H and O–H groups in total. The molecule has 0 spiro atoms. The molecule has 92 valence electrons. The van der Waals surface area contributed by atoms with Crippen LogP contribution >= 0.6 is 0 Å². The lowest BCUT2D eigenvalue weighted by molar-refractivity contribution is -0.612. The van der Waals surface area contributed by atoms with E-state index in [1.54, 1.807) is 19.1 Å². The summed E-state index contributed by atoms with van der Waals surface area (Å²) >= 11 is 0. The Labute approximate surface area is 103 Å². The molecular formula is C13H11FN2O2. The van der Waals surface area contributed by atoms with Crippen LogP contribution in [0, 0.1) is 17.9 Å². The van der Waals surface area contributed by atoms with E-state index in [9.17, 15) is 14.4 Å². The number of aryl methyl sites for hydroxylation is 1. The summed E-state index contributed by atoms with van der Waals surface area (Å²) in [5.41, 5.74) is 1.23. The van der Waals surface area contributed by atoms with Crippen molar-refractivity contribution in [1.29, 1.82) is 0 Å². The lowest BCUT2D eigenvalue weighted by Crippen LogP contribution is -2.31. The molecule has 2 aromatic rings. The van der Waals surface area contributed by atoms with Gasteiger partial charge >= 0.3 is 0 Å². The summed E-state index contributed by atoms with van der Waals surface area (Å²) in [7, 11) is 0. The van der Waals surface area contributed by atoms with Crippen LogP contribution in [0.1, 0.15) is 16.1 Å². The second-order valence-corrected chi connectivity index (χ2v) is 3.85. The van der Waals surface area contributed by atoms with Crippen molar-refractivity contribution in [3.8, 4) is 0 Å². The van der Waals surface area contributed by atoms with Crippen LogP contribution in [0.5, 0.6) is 0 Å². The van der Waals surface area contributed by atoms with Gasteiger partial charge in [0.25, 0.3) is 5.91 Å². The molecule has 1 heterocycles. The van der Waals surface area contributed by atoms with E-state index < -0.39 is 5.91 Å². The van der Waals surface area contributed by atoms with Crippen molar-refractivity contribution in [3.05, 3.63) is 64.9 Å². The Balaban J connectivity index is 2.16. The molecule has 0 aliphatic heterocycles. The van der Waals surface area contributed by atoms with Crippen LogP contribution in [-0.4, -0.2) is 5.91 Å². The first-order valence-corrected chi connectivity index (χ1v) is 5.33. The molecule has 18 heavy (non-hydrogen) atoms. The number of amides is 1. The van der Waals surface area contributed by atoms with Gasteiger partial charge in [-0.3, -0.25) is 4.79 Å². The van der Waals surface area contributed by atoms with E-state index in [0.29, 0.717) is 16.1 Å². The second-order valence-electron chi connectivity index (χ2n) is 3.85. The quantitative estimate of drug-likeness (QED) is 0.651. The van der Waals surface area contributed by atoms with Crippen LogP contribution in [0.15, 0.2) is 42.6 Å². The Morgan fingerprint density at radius 1 is 1.22 bits per heavy atom. The van der Waals surface area contributed by atoms with Gasteiger partial charge in [0, 0.05) is 18.7 Å². The number of nitrogens with one attached hydrogen (secondary N) is 1. The molecule has 5 heteroatoms. The number of hydrogen-bond donors (Lipinski definition) is 1. The Hall–Kier alpha value is -2.43. The zero-order valence-electron chi connectivity index (χ0n) is 9.68. The number of hydrogen-bond acceptors (Lipinski definition) is 2. The molecule has 0 bridgehead atoms. The smallest absolute Gasteiger partial charge is 0.261 e. The largest absolute Gasteiger partial charge is 0.618 e. The Kier molecular flexibility index (Phi) is 3.23. The van der Waals surface area contributed by atoms with Gasteiger partial charge in [0.1, 0.15) is 11.4 Å². The number of halogens is 1. The topological polar surface area (TPSA) is 56.0 Å². The fourth-order valence-electron chi connectivity index (χ4n) is 1.43. The molecule has 0 unspecified atom stereocenters. The standard InChI is InChI=1S/C13H11FN2O2/c1-9-2-3-10(8-16(9)18)13(17)15-12-6-4-11(14)5-7-12/h2-8H,1H3,(H,15,17). The van der Waals surface area contributed by atoms with Crippen LogP contribution in [0.2, 0.25) is 0 Å². The normalized spacial score (nSPS) is 10.1. The third kappa shape index (κ3) is 2.63. The van der Waals surface area contributed by atoms with Gasteiger partial charge in [-0.1, -0.05) is 0 Å². The molecule has 1 amide bonds. The zero-order chi connectivity index (χ0) is 13.1. The third-order valence-electron chi connectivity index (χ3n) is 2.47. The van der Waals surface area contributed by atoms with Crippen LogP contribution in [0.3, 0.4) is 0 Å². The van der Waals surface area contributed by atoms with Gasteiger partial charge in [-0.2, -0.15) is 4.73 Å². The molecule has 0 aliphatic rings. The van der Waals surface area contributed by atoms with Gasteiger partial charge in [-0.05, 0) is 30.3 Å². The van der Waals surface area contributed by atoms with Crippen LogP contribution in [0.4, 0.5) is 10.1 Å². The zero-order valence-corrected chi connectivity index (χ0v) is 9.68. The molecule has 0 radical (unpaired) electrons. The van der Waals surface area contributed by atoms with Crippen molar-refractivity contribution < 1.29 is 13.9 Å². The molecule has 0 atom stereocenters. The Morgan fingerprint density at radius 2 is 1.89 bits per heavy atom. The summed E-state index contributed by atoms with van der Waals surface area (Å²) in [4.78, 5) is 11.8. The number of rotatable bonds is 2. The molecule has 0 saturated heterocycles. The summed E-state index contributed by atoms with van der Waals surface area (Å²) < 4.78 is 13.3. The van der Waals surface area contributed by atoms with Crippen LogP contribution < -0.4 is 10.0 Å². The number of anilines is 1. The SMILES string of the molecule is Cc1ccc(C(=O)Nc2ccc(F)cc2)c[n+]1[O-]. The first-order chi connectivity index (χ1) is 8.56. The van der Waals surface area contributed by atoms with Gasteiger partial charge in [0.15, 0.2) is 11.9 Å². The Bertz CT molecular complexity index is 582. The highest BCUT2D eigenvalue weighted by molar-refractivity contribution is 6.03. The van der Waals surface area contributed by atoms with Crippen molar-refractivity contribution in [2.45, 2.75) is 6.92 Å².